The summed E-state index contributed by atoms with van der Waals surface area (Å²) < 4.78 is 7.05. The quantitative estimate of drug-likeness (QED) is 0.883. The second kappa shape index (κ2) is 6.75. The Morgan fingerprint density at radius 2 is 2.16 bits per heavy atom. The van der Waals surface area contributed by atoms with Gasteiger partial charge in [-0.25, -0.2) is 4.68 Å². The van der Waals surface area contributed by atoms with Crippen molar-refractivity contribution in [3.63, 3.8) is 0 Å². The summed E-state index contributed by atoms with van der Waals surface area (Å²) in [5.41, 5.74) is 0.284. The van der Waals surface area contributed by atoms with Gasteiger partial charge in [-0.2, -0.15) is 5.26 Å². The minimum atomic E-state index is -0.508. The van der Waals surface area contributed by atoms with Gasteiger partial charge in [0.05, 0.1) is 30.8 Å². The van der Waals surface area contributed by atoms with Gasteiger partial charge >= 0.3 is 0 Å². The Bertz CT molecular complexity index is 663. The molecule has 1 aromatic rings. The van der Waals surface area contributed by atoms with E-state index in [2.05, 4.69) is 21.7 Å². The van der Waals surface area contributed by atoms with Gasteiger partial charge < -0.3 is 10.1 Å². The van der Waals surface area contributed by atoms with E-state index in [-0.39, 0.29) is 17.9 Å². The molecular formula is C18H25N5O2. The summed E-state index contributed by atoms with van der Waals surface area (Å²) >= 11 is 0. The van der Waals surface area contributed by atoms with E-state index in [0.717, 1.165) is 37.8 Å². The highest BCUT2D eigenvalue weighted by Gasteiger charge is 2.47. The van der Waals surface area contributed by atoms with Gasteiger partial charge in [0.2, 0.25) is 5.91 Å². The minimum absolute atomic E-state index is 0.0593. The van der Waals surface area contributed by atoms with Crippen molar-refractivity contribution >= 4 is 5.91 Å². The fraction of sp³-hybridized carbons (Fsp3) is 0.778. The van der Waals surface area contributed by atoms with Gasteiger partial charge in [-0.1, -0.05) is 24.5 Å². The van der Waals surface area contributed by atoms with E-state index in [1.54, 1.807) is 4.68 Å². The highest BCUT2D eigenvalue weighted by Crippen LogP contribution is 2.43. The van der Waals surface area contributed by atoms with E-state index in [1.807, 2.05) is 6.20 Å². The van der Waals surface area contributed by atoms with Crippen molar-refractivity contribution in [3.8, 4) is 6.07 Å². The van der Waals surface area contributed by atoms with Crippen molar-refractivity contribution in [2.24, 2.45) is 11.8 Å². The zero-order valence-corrected chi connectivity index (χ0v) is 14.5. The smallest absolute Gasteiger partial charge is 0.226 e. The van der Waals surface area contributed by atoms with Gasteiger partial charge in [0, 0.05) is 6.61 Å². The average molecular weight is 343 g/mol. The number of hydrogen-bond donors (Lipinski definition) is 1. The Kier molecular flexibility index (Phi) is 4.46. The second-order valence-corrected chi connectivity index (χ2v) is 7.68. The van der Waals surface area contributed by atoms with Crippen LogP contribution in [0, 0.1) is 23.2 Å². The molecule has 0 bridgehead atoms. The topological polar surface area (TPSA) is 92.8 Å². The lowest BCUT2D eigenvalue weighted by molar-refractivity contribution is -0.126. The van der Waals surface area contributed by atoms with Crippen LogP contribution in [-0.2, 0) is 15.1 Å². The summed E-state index contributed by atoms with van der Waals surface area (Å²) in [4.78, 5) is 12.6. The number of ether oxygens (including phenoxy) is 1. The Morgan fingerprint density at radius 3 is 2.80 bits per heavy atom. The molecule has 134 valence electrons. The van der Waals surface area contributed by atoms with E-state index >= 15 is 0 Å². The van der Waals surface area contributed by atoms with Crippen LogP contribution >= 0.6 is 0 Å². The minimum Gasteiger partial charge on any atom is -0.381 e. The largest absolute Gasteiger partial charge is 0.381 e. The molecule has 1 amide bonds. The van der Waals surface area contributed by atoms with Crippen LogP contribution in [0.1, 0.15) is 63.1 Å². The highest BCUT2D eigenvalue weighted by atomic mass is 16.5. The number of nitrogens with zero attached hydrogens (tertiary/aromatic N) is 4. The van der Waals surface area contributed by atoms with Gasteiger partial charge in [-0.05, 0) is 38.0 Å². The maximum Gasteiger partial charge on any atom is 0.226 e. The molecule has 4 rings (SSSR count). The molecule has 25 heavy (non-hydrogen) atoms. The molecule has 1 aromatic heterocycles. The molecule has 0 aromatic carbocycles. The van der Waals surface area contributed by atoms with Gasteiger partial charge in [0.25, 0.3) is 0 Å². The van der Waals surface area contributed by atoms with Crippen molar-refractivity contribution in [3.05, 3.63) is 11.9 Å². The third-order valence-electron chi connectivity index (χ3n) is 5.92. The SMILES string of the molecule is N#CC1(n2cc([C@@H](NC(=O)C3CCOC3)C3CCCCC3)nn2)CC1. The lowest BCUT2D eigenvalue weighted by atomic mass is 9.82. The Balaban J connectivity index is 1.54. The summed E-state index contributed by atoms with van der Waals surface area (Å²) in [6.45, 7) is 1.17. The number of carbonyl (C=O) groups is 1. The maximum absolute atomic E-state index is 12.6. The van der Waals surface area contributed by atoms with E-state index in [1.165, 1.54) is 19.3 Å². The molecule has 3 fully saturated rings. The Hall–Kier alpha value is -1.94. The van der Waals surface area contributed by atoms with Crippen LogP contribution in [0.5, 0.6) is 0 Å². The van der Waals surface area contributed by atoms with Gasteiger partial charge in [-0.15, -0.1) is 5.10 Å². The van der Waals surface area contributed by atoms with Crippen molar-refractivity contribution in [1.82, 2.24) is 20.3 Å². The molecule has 1 unspecified atom stereocenters. The summed E-state index contributed by atoms with van der Waals surface area (Å²) in [5.74, 6) is 0.390. The van der Waals surface area contributed by atoms with Gasteiger partial charge in [0.15, 0.2) is 5.54 Å². The molecule has 7 nitrogen and oxygen atoms in total. The Labute approximate surface area is 147 Å². The van der Waals surface area contributed by atoms with Crippen molar-refractivity contribution < 1.29 is 9.53 Å². The third-order valence-corrected chi connectivity index (χ3v) is 5.92. The second-order valence-electron chi connectivity index (χ2n) is 7.68. The zero-order valence-electron chi connectivity index (χ0n) is 14.5. The first kappa shape index (κ1) is 16.5. The first-order chi connectivity index (χ1) is 12.2. The molecule has 7 heteroatoms. The van der Waals surface area contributed by atoms with Gasteiger partial charge in [-0.3, -0.25) is 4.79 Å². The van der Waals surface area contributed by atoms with Crippen LogP contribution in [-0.4, -0.2) is 34.1 Å². The predicted octanol–water partition coefficient (Wildman–Crippen LogP) is 2.06. The fourth-order valence-corrected chi connectivity index (χ4v) is 4.05. The summed E-state index contributed by atoms with van der Waals surface area (Å²) in [6, 6.07) is 2.23. The maximum atomic E-state index is 12.6. The first-order valence-electron chi connectivity index (χ1n) is 9.44. The van der Waals surface area contributed by atoms with E-state index in [9.17, 15) is 10.1 Å². The van der Waals surface area contributed by atoms with Crippen molar-refractivity contribution in [2.75, 3.05) is 13.2 Å². The number of nitriles is 1. The van der Waals surface area contributed by atoms with Crippen molar-refractivity contribution in [1.29, 1.82) is 5.26 Å². The lowest BCUT2D eigenvalue weighted by Gasteiger charge is -2.30. The van der Waals surface area contributed by atoms with Crippen LogP contribution < -0.4 is 5.32 Å². The molecule has 2 aliphatic carbocycles. The molecule has 2 atom stereocenters. The van der Waals surface area contributed by atoms with Crippen LogP contribution in [0.2, 0.25) is 0 Å². The standard InChI is InChI=1S/C18H25N5O2/c19-12-18(7-8-18)23-10-15(21-22-23)16(13-4-2-1-3-5-13)20-17(24)14-6-9-25-11-14/h10,13-14,16H,1-9,11H2,(H,20,24)/t14?,16-/m0/s1. The number of rotatable bonds is 5. The van der Waals surface area contributed by atoms with E-state index in [4.69, 9.17) is 4.74 Å². The molecule has 2 saturated carbocycles. The number of aromatic nitrogens is 3. The number of amides is 1. The first-order valence-corrected chi connectivity index (χ1v) is 9.44. The number of carbonyl (C=O) groups excluding carboxylic acids is 1. The van der Waals surface area contributed by atoms with E-state index < -0.39 is 5.54 Å². The molecule has 1 N–H and O–H groups in total. The Morgan fingerprint density at radius 1 is 1.36 bits per heavy atom. The van der Waals surface area contributed by atoms with Crippen LogP contribution in [0.4, 0.5) is 0 Å². The van der Waals surface area contributed by atoms with E-state index in [0.29, 0.717) is 19.1 Å². The predicted molar refractivity (Wildman–Crippen MR) is 89.2 cm³/mol. The van der Waals surface area contributed by atoms with Crippen LogP contribution in [0.25, 0.3) is 0 Å². The summed E-state index contributed by atoms with van der Waals surface area (Å²) in [6.07, 6.45) is 10.2. The molecule has 0 radical (unpaired) electrons. The summed E-state index contributed by atoms with van der Waals surface area (Å²) in [5, 5.41) is 21.2. The molecule has 1 saturated heterocycles. The van der Waals surface area contributed by atoms with Crippen LogP contribution in [0.3, 0.4) is 0 Å². The molecule has 1 aliphatic heterocycles. The normalized spacial score (nSPS) is 26.8. The number of nitrogens with one attached hydrogen (secondary N) is 1. The third kappa shape index (κ3) is 3.28. The fourth-order valence-electron chi connectivity index (χ4n) is 4.05. The monoisotopic (exact) mass is 343 g/mol. The molecule has 3 aliphatic rings. The number of hydrogen-bond acceptors (Lipinski definition) is 5. The summed E-state index contributed by atoms with van der Waals surface area (Å²) in [7, 11) is 0. The average Bonchev–Trinajstić information content (AvgIpc) is 3.05. The van der Waals surface area contributed by atoms with Crippen LogP contribution in [0.15, 0.2) is 6.20 Å². The molecule has 2 heterocycles. The van der Waals surface area contributed by atoms with Crippen molar-refractivity contribution in [2.45, 2.75) is 62.9 Å². The zero-order chi connectivity index (χ0) is 17.3. The lowest BCUT2D eigenvalue weighted by Crippen LogP contribution is -2.38. The molecule has 0 spiro atoms. The molecular weight excluding hydrogens is 318 g/mol. The highest BCUT2D eigenvalue weighted by molar-refractivity contribution is 5.79. The van der Waals surface area contributed by atoms with Gasteiger partial charge in [0.1, 0.15) is 5.69 Å².